The van der Waals surface area contributed by atoms with Gasteiger partial charge in [-0.15, -0.1) is 0 Å². The third-order valence-electron chi connectivity index (χ3n) is 9.04. The van der Waals surface area contributed by atoms with Gasteiger partial charge in [-0.25, -0.2) is 0 Å². The summed E-state index contributed by atoms with van der Waals surface area (Å²) < 4.78 is 16.6. The topological polar surface area (TPSA) is 78.9 Å². The van der Waals surface area contributed by atoms with E-state index in [1.165, 1.54) is 116 Å². The van der Waals surface area contributed by atoms with Gasteiger partial charge in [0, 0.05) is 19.3 Å². The van der Waals surface area contributed by atoms with Crippen molar-refractivity contribution in [3.63, 3.8) is 0 Å². The van der Waals surface area contributed by atoms with E-state index in [4.69, 9.17) is 14.2 Å². The van der Waals surface area contributed by atoms with Gasteiger partial charge in [-0.3, -0.25) is 14.4 Å². The molecule has 0 unspecified atom stereocenters. The van der Waals surface area contributed by atoms with E-state index in [-0.39, 0.29) is 31.1 Å². The van der Waals surface area contributed by atoms with Crippen LogP contribution in [0.25, 0.3) is 0 Å². The minimum absolute atomic E-state index is 0.0659. The predicted molar refractivity (Wildman–Crippen MR) is 196 cm³/mol. The molecule has 0 heterocycles. The zero-order chi connectivity index (χ0) is 34.6. The summed E-state index contributed by atoms with van der Waals surface area (Å²) >= 11 is 0. The van der Waals surface area contributed by atoms with Crippen LogP contribution in [0.3, 0.4) is 0 Å². The van der Waals surface area contributed by atoms with Crippen LogP contribution in [0.4, 0.5) is 0 Å². The maximum atomic E-state index is 12.6. The minimum Gasteiger partial charge on any atom is -0.462 e. The van der Waals surface area contributed by atoms with Crippen molar-refractivity contribution in [2.45, 2.75) is 226 Å². The van der Waals surface area contributed by atoms with Gasteiger partial charge in [0.25, 0.3) is 0 Å². The molecular weight excluding hydrogens is 588 g/mol. The summed E-state index contributed by atoms with van der Waals surface area (Å²) in [4.78, 5) is 37.3. The van der Waals surface area contributed by atoms with Crippen LogP contribution in [0, 0.1) is 5.92 Å². The van der Waals surface area contributed by atoms with Gasteiger partial charge < -0.3 is 14.2 Å². The first-order chi connectivity index (χ1) is 22.9. The molecular formula is C41H78O6. The fourth-order valence-corrected chi connectivity index (χ4v) is 5.92. The molecule has 0 aromatic heterocycles. The molecule has 0 amide bonds. The molecule has 0 spiro atoms. The molecule has 0 fully saturated rings. The Morgan fingerprint density at radius 1 is 0.404 bits per heavy atom. The van der Waals surface area contributed by atoms with E-state index in [2.05, 4.69) is 27.7 Å². The number of rotatable bonds is 36. The molecule has 0 saturated heterocycles. The molecule has 0 bridgehead atoms. The molecule has 0 saturated carbocycles. The van der Waals surface area contributed by atoms with Gasteiger partial charge in [0.05, 0.1) is 0 Å². The lowest BCUT2D eigenvalue weighted by atomic mass is 10.0. The number of carbonyl (C=O) groups excluding carboxylic acids is 3. The molecule has 6 nitrogen and oxygen atoms in total. The molecule has 0 N–H and O–H groups in total. The summed E-state index contributed by atoms with van der Waals surface area (Å²) in [5, 5.41) is 0. The molecule has 0 aromatic rings. The quantitative estimate of drug-likeness (QED) is 0.0376. The molecule has 0 aromatic carbocycles. The Morgan fingerprint density at radius 2 is 0.702 bits per heavy atom. The summed E-state index contributed by atoms with van der Waals surface area (Å²) in [6.07, 6.45) is 32.5. The molecule has 0 rings (SSSR count). The highest BCUT2D eigenvalue weighted by molar-refractivity contribution is 5.71. The zero-order valence-corrected chi connectivity index (χ0v) is 31.7. The second kappa shape index (κ2) is 35.7. The summed E-state index contributed by atoms with van der Waals surface area (Å²) in [5.74, 6) is -0.113. The largest absolute Gasteiger partial charge is 0.462 e. The van der Waals surface area contributed by atoms with E-state index in [1.54, 1.807) is 0 Å². The smallest absolute Gasteiger partial charge is 0.306 e. The Labute approximate surface area is 291 Å². The first-order valence-corrected chi connectivity index (χ1v) is 20.4. The van der Waals surface area contributed by atoms with Gasteiger partial charge in [-0.1, -0.05) is 182 Å². The van der Waals surface area contributed by atoms with E-state index in [0.717, 1.165) is 63.7 Å². The summed E-state index contributed by atoms with van der Waals surface area (Å²) in [7, 11) is 0. The number of carbonyl (C=O) groups is 3. The van der Waals surface area contributed by atoms with Crippen molar-refractivity contribution in [3.8, 4) is 0 Å². The van der Waals surface area contributed by atoms with Crippen molar-refractivity contribution in [2.24, 2.45) is 5.92 Å². The molecule has 1 atom stereocenters. The zero-order valence-electron chi connectivity index (χ0n) is 31.7. The third-order valence-corrected chi connectivity index (χ3v) is 9.04. The van der Waals surface area contributed by atoms with Gasteiger partial charge in [-0.2, -0.15) is 0 Å². The van der Waals surface area contributed by atoms with Crippen molar-refractivity contribution in [1.82, 2.24) is 0 Å². The molecule has 0 aliphatic carbocycles. The van der Waals surface area contributed by atoms with E-state index in [0.29, 0.717) is 19.3 Å². The third kappa shape index (κ3) is 35.5. The number of unbranched alkanes of at least 4 members (excludes halogenated alkanes) is 23. The normalized spacial score (nSPS) is 11.9. The first-order valence-electron chi connectivity index (χ1n) is 20.4. The van der Waals surface area contributed by atoms with Crippen molar-refractivity contribution in [2.75, 3.05) is 13.2 Å². The maximum Gasteiger partial charge on any atom is 0.306 e. The van der Waals surface area contributed by atoms with Crippen molar-refractivity contribution >= 4 is 17.9 Å². The van der Waals surface area contributed by atoms with Crippen molar-refractivity contribution in [3.05, 3.63) is 0 Å². The van der Waals surface area contributed by atoms with Crippen LogP contribution in [-0.4, -0.2) is 37.2 Å². The first kappa shape index (κ1) is 45.4. The summed E-state index contributed by atoms with van der Waals surface area (Å²) in [5.41, 5.74) is 0. The molecule has 0 aliphatic heterocycles. The Hall–Kier alpha value is -1.59. The van der Waals surface area contributed by atoms with Gasteiger partial charge >= 0.3 is 17.9 Å². The number of hydrogen-bond acceptors (Lipinski definition) is 6. The van der Waals surface area contributed by atoms with Crippen LogP contribution in [0.15, 0.2) is 0 Å². The van der Waals surface area contributed by atoms with Crippen molar-refractivity contribution in [1.29, 1.82) is 0 Å². The van der Waals surface area contributed by atoms with E-state index >= 15 is 0 Å². The number of esters is 3. The Bertz CT molecular complexity index is 706. The second-order valence-corrected chi connectivity index (χ2v) is 14.4. The SMILES string of the molecule is CCCCCCCCCCCCCCCC(=O)OC[C@@H](COC(=O)CCCCCCCCC)OC(=O)CCCCCCCCC(C)C. The molecule has 6 heteroatoms. The maximum absolute atomic E-state index is 12.6. The lowest BCUT2D eigenvalue weighted by Crippen LogP contribution is -2.30. The van der Waals surface area contributed by atoms with Gasteiger partial charge in [0.2, 0.25) is 0 Å². The molecule has 0 aliphatic rings. The Balaban J connectivity index is 4.29. The standard InChI is InChI=1S/C41H78O6/c1-5-7-9-11-13-14-15-16-17-18-20-25-29-33-40(43)46-36-38(35-45-39(42)32-28-24-19-12-10-8-6-2)47-41(44)34-30-26-22-21-23-27-31-37(3)4/h37-38H,5-36H2,1-4H3/t38-/m1/s1. The summed E-state index contributed by atoms with van der Waals surface area (Å²) in [6.45, 7) is 8.86. The Kier molecular flexibility index (Phi) is 34.5. The molecule has 278 valence electrons. The molecule has 47 heavy (non-hydrogen) atoms. The van der Waals surface area contributed by atoms with Crippen LogP contribution in [0.5, 0.6) is 0 Å². The molecule has 0 radical (unpaired) electrons. The second-order valence-electron chi connectivity index (χ2n) is 14.4. The lowest BCUT2D eigenvalue weighted by molar-refractivity contribution is -0.167. The van der Waals surface area contributed by atoms with Crippen LogP contribution in [0.1, 0.15) is 220 Å². The number of ether oxygens (including phenoxy) is 3. The fraction of sp³-hybridized carbons (Fsp3) is 0.927. The monoisotopic (exact) mass is 667 g/mol. The van der Waals surface area contributed by atoms with Crippen molar-refractivity contribution < 1.29 is 28.6 Å². The average Bonchev–Trinajstić information content (AvgIpc) is 3.05. The summed E-state index contributed by atoms with van der Waals surface area (Å²) in [6, 6.07) is 0. The average molecular weight is 667 g/mol. The highest BCUT2D eigenvalue weighted by Crippen LogP contribution is 2.15. The van der Waals surface area contributed by atoms with Crippen LogP contribution in [-0.2, 0) is 28.6 Å². The van der Waals surface area contributed by atoms with Gasteiger partial charge in [0.15, 0.2) is 6.10 Å². The van der Waals surface area contributed by atoms with E-state index < -0.39 is 6.10 Å². The van der Waals surface area contributed by atoms with E-state index in [1.807, 2.05) is 0 Å². The van der Waals surface area contributed by atoms with Crippen LogP contribution in [0.2, 0.25) is 0 Å². The van der Waals surface area contributed by atoms with Crippen LogP contribution < -0.4 is 0 Å². The van der Waals surface area contributed by atoms with E-state index in [9.17, 15) is 14.4 Å². The highest BCUT2D eigenvalue weighted by atomic mass is 16.6. The fourth-order valence-electron chi connectivity index (χ4n) is 5.92. The predicted octanol–water partition coefficient (Wildman–Crippen LogP) is 12.4. The van der Waals surface area contributed by atoms with Crippen LogP contribution >= 0.6 is 0 Å². The highest BCUT2D eigenvalue weighted by Gasteiger charge is 2.19. The minimum atomic E-state index is -0.757. The number of hydrogen-bond donors (Lipinski definition) is 0. The lowest BCUT2D eigenvalue weighted by Gasteiger charge is -2.18. The van der Waals surface area contributed by atoms with Gasteiger partial charge in [0.1, 0.15) is 13.2 Å². The van der Waals surface area contributed by atoms with Gasteiger partial charge in [-0.05, 0) is 25.2 Å². The Morgan fingerprint density at radius 3 is 1.04 bits per heavy atom.